The van der Waals surface area contributed by atoms with Gasteiger partial charge in [0.25, 0.3) is 0 Å². The number of anilines is 1. The smallest absolute Gasteiger partial charge is 0.372 e. The first kappa shape index (κ1) is 13.0. The molecule has 0 unspecified atom stereocenters. The van der Waals surface area contributed by atoms with Gasteiger partial charge in [0.15, 0.2) is 0 Å². The summed E-state index contributed by atoms with van der Waals surface area (Å²) < 4.78 is 4.96. The summed E-state index contributed by atoms with van der Waals surface area (Å²) in [5.41, 5.74) is 1.44. The van der Waals surface area contributed by atoms with Crippen molar-refractivity contribution in [3.63, 3.8) is 0 Å². The summed E-state index contributed by atoms with van der Waals surface area (Å²) in [6, 6.07) is 8.50. The predicted molar refractivity (Wildman–Crippen MR) is 70.5 cm³/mol. The molecule has 0 bridgehead atoms. The first-order valence-electron chi connectivity index (χ1n) is 5.95. The Kier molecular flexibility index (Phi) is 3.75. The van der Waals surface area contributed by atoms with Gasteiger partial charge in [-0.2, -0.15) is 0 Å². The quantitative estimate of drug-likeness (QED) is 0.865. The highest BCUT2D eigenvalue weighted by atomic mass is 16.4. The Morgan fingerprint density at radius 3 is 2.79 bits per heavy atom. The molecule has 0 radical (unpaired) electrons. The van der Waals surface area contributed by atoms with E-state index in [1.54, 1.807) is 24.3 Å². The van der Waals surface area contributed by atoms with E-state index >= 15 is 0 Å². The molecule has 2 aromatic rings. The number of hydrogen-bond donors (Lipinski definition) is 2. The maximum absolute atomic E-state index is 11.0. The molecule has 0 aliphatic rings. The van der Waals surface area contributed by atoms with Gasteiger partial charge in [-0.05, 0) is 25.1 Å². The topological polar surface area (TPSA) is 73.9 Å². The van der Waals surface area contributed by atoms with Crippen molar-refractivity contribution in [1.82, 2.24) is 0 Å². The van der Waals surface area contributed by atoms with E-state index in [0.29, 0.717) is 18.7 Å². The van der Waals surface area contributed by atoms with E-state index in [9.17, 15) is 9.90 Å². The number of aromatic carboxylic acids is 1. The molecule has 0 aliphatic heterocycles. The van der Waals surface area contributed by atoms with Gasteiger partial charge >= 0.3 is 5.97 Å². The molecule has 0 aliphatic carbocycles. The standard InChI is InChI=1S/C14H15NO4/c1-2-15(11-4-3-5-12(16)8-11)9-10-6-7-19-13(10)14(17)18/h3-8,16H,2,9H2,1H3,(H,17,18). The summed E-state index contributed by atoms with van der Waals surface area (Å²) >= 11 is 0. The molecular weight excluding hydrogens is 246 g/mol. The Bertz CT molecular complexity index is 576. The zero-order valence-corrected chi connectivity index (χ0v) is 10.5. The van der Waals surface area contributed by atoms with Crippen LogP contribution in [0.3, 0.4) is 0 Å². The molecule has 2 rings (SSSR count). The van der Waals surface area contributed by atoms with Crippen molar-refractivity contribution in [3.05, 3.63) is 47.9 Å². The van der Waals surface area contributed by atoms with Gasteiger partial charge in [-0.15, -0.1) is 0 Å². The van der Waals surface area contributed by atoms with Crippen LogP contribution in [-0.2, 0) is 6.54 Å². The van der Waals surface area contributed by atoms with Gasteiger partial charge in [-0.1, -0.05) is 6.07 Å². The highest BCUT2D eigenvalue weighted by Gasteiger charge is 2.16. The molecule has 0 fully saturated rings. The molecule has 1 aromatic carbocycles. The minimum Gasteiger partial charge on any atom is -0.508 e. The summed E-state index contributed by atoms with van der Waals surface area (Å²) in [4.78, 5) is 12.9. The number of nitrogens with zero attached hydrogens (tertiary/aromatic N) is 1. The van der Waals surface area contributed by atoms with Crippen molar-refractivity contribution in [2.45, 2.75) is 13.5 Å². The minimum absolute atomic E-state index is 0.0430. The van der Waals surface area contributed by atoms with E-state index in [1.807, 2.05) is 17.9 Å². The van der Waals surface area contributed by atoms with Crippen molar-refractivity contribution < 1.29 is 19.4 Å². The fourth-order valence-corrected chi connectivity index (χ4v) is 1.93. The van der Waals surface area contributed by atoms with Crippen LogP contribution in [0.2, 0.25) is 0 Å². The molecule has 0 saturated carbocycles. The summed E-state index contributed by atoms with van der Waals surface area (Å²) in [5.74, 6) is -0.938. The lowest BCUT2D eigenvalue weighted by molar-refractivity contribution is 0.0661. The van der Waals surface area contributed by atoms with E-state index in [2.05, 4.69) is 0 Å². The molecule has 0 amide bonds. The summed E-state index contributed by atoms with van der Waals surface area (Å²) in [6.45, 7) is 3.07. The summed E-state index contributed by atoms with van der Waals surface area (Å²) in [6.07, 6.45) is 1.37. The number of phenolic OH excluding ortho intramolecular Hbond substituents is 1. The number of phenols is 1. The van der Waals surface area contributed by atoms with Crippen molar-refractivity contribution >= 4 is 11.7 Å². The van der Waals surface area contributed by atoms with Gasteiger partial charge in [-0.25, -0.2) is 4.79 Å². The second-order valence-corrected chi connectivity index (χ2v) is 4.11. The van der Waals surface area contributed by atoms with Gasteiger partial charge in [-0.3, -0.25) is 0 Å². The van der Waals surface area contributed by atoms with Crippen molar-refractivity contribution in [2.24, 2.45) is 0 Å². The van der Waals surface area contributed by atoms with Gasteiger partial charge in [0, 0.05) is 30.4 Å². The van der Waals surface area contributed by atoms with Crippen LogP contribution in [0, 0.1) is 0 Å². The van der Waals surface area contributed by atoms with Crippen LogP contribution < -0.4 is 4.90 Å². The lowest BCUT2D eigenvalue weighted by Gasteiger charge is -2.22. The van der Waals surface area contributed by atoms with Gasteiger partial charge < -0.3 is 19.5 Å². The fourth-order valence-electron chi connectivity index (χ4n) is 1.93. The van der Waals surface area contributed by atoms with Crippen LogP contribution in [0.1, 0.15) is 23.0 Å². The molecule has 2 N–H and O–H groups in total. The number of rotatable bonds is 5. The maximum Gasteiger partial charge on any atom is 0.372 e. The molecular formula is C14H15NO4. The maximum atomic E-state index is 11.0. The predicted octanol–water partition coefficient (Wildman–Crippen LogP) is 2.71. The van der Waals surface area contributed by atoms with Crippen LogP contribution in [0.15, 0.2) is 41.0 Å². The first-order chi connectivity index (χ1) is 9.11. The second kappa shape index (κ2) is 5.48. The molecule has 5 heteroatoms. The van der Waals surface area contributed by atoms with Gasteiger partial charge in [0.1, 0.15) is 5.75 Å². The van der Waals surface area contributed by atoms with E-state index in [-0.39, 0.29) is 11.5 Å². The Labute approximate surface area is 110 Å². The zero-order valence-electron chi connectivity index (χ0n) is 10.5. The molecule has 5 nitrogen and oxygen atoms in total. The molecule has 0 atom stereocenters. The Morgan fingerprint density at radius 2 is 2.16 bits per heavy atom. The highest BCUT2D eigenvalue weighted by molar-refractivity contribution is 5.86. The average Bonchev–Trinajstić information content (AvgIpc) is 2.84. The fraction of sp³-hybridized carbons (Fsp3) is 0.214. The van der Waals surface area contributed by atoms with E-state index in [4.69, 9.17) is 9.52 Å². The normalized spacial score (nSPS) is 10.4. The largest absolute Gasteiger partial charge is 0.508 e. The van der Waals surface area contributed by atoms with Crippen LogP contribution in [0.5, 0.6) is 5.75 Å². The third-order valence-corrected chi connectivity index (χ3v) is 2.88. The van der Waals surface area contributed by atoms with Crippen molar-refractivity contribution in [1.29, 1.82) is 0 Å². The number of carboxylic acid groups (broad SMARTS) is 1. The number of hydrogen-bond acceptors (Lipinski definition) is 4. The molecule has 1 heterocycles. The molecule has 0 spiro atoms. The van der Waals surface area contributed by atoms with Crippen molar-refractivity contribution in [2.75, 3.05) is 11.4 Å². The van der Waals surface area contributed by atoms with Crippen molar-refractivity contribution in [3.8, 4) is 5.75 Å². The molecule has 100 valence electrons. The Morgan fingerprint density at radius 1 is 1.37 bits per heavy atom. The number of furan rings is 1. The minimum atomic E-state index is -1.08. The lowest BCUT2D eigenvalue weighted by atomic mass is 10.2. The Hall–Kier alpha value is -2.43. The van der Waals surface area contributed by atoms with E-state index < -0.39 is 5.97 Å². The van der Waals surface area contributed by atoms with E-state index in [0.717, 1.165) is 5.69 Å². The number of aromatic hydroxyl groups is 1. The first-order valence-corrected chi connectivity index (χ1v) is 5.95. The van der Waals surface area contributed by atoms with Crippen LogP contribution in [-0.4, -0.2) is 22.7 Å². The Balaban J connectivity index is 2.24. The van der Waals surface area contributed by atoms with Crippen LogP contribution in [0.4, 0.5) is 5.69 Å². The molecule has 0 saturated heterocycles. The van der Waals surface area contributed by atoms with Gasteiger partial charge in [0.05, 0.1) is 6.26 Å². The SMILES string of the molecule is CCN(Cc1ccoc1C(=O)O)c1cccc(O)c1. The van der Waals surface area contributed by atoms with Crippen LogP contribution >= 0.6 is 0 Å². The number of benzene rings is 1. The monoisotopic (exact) mass is 261 g/mol. The number of carbonyl (C=O) groups is 1. The third-order valence-electron chi connectivity index (χ3n) is 2.88. The lowest BCUT2D eigenvalue weighted by Crippen LogP contribution is -2.22. The van der Waals surface area contributed by atoms with E-state index in [1.165, 1.54) is 6.26 Å². The zero-order chi connectivity index (χ0) is 13.8. The summed E-state index contributed by atoms with van der Waals surface area (Å²) in [7, 11) is 0. The number of carboxylic acids is 1. The second-order valence-electron chi connectivity index (χ2n) is 4.11. The highest BCUT2D eigenvalue weighted by Crippen LogP contribution is 2.23. The molecule has 1 aromatic heterocycles. The van der Waals surface area contributed by atoms with Gasteiger partial charge in [0.2, 0.25) is 5.76 Å². The molecule has 19 heavy (non-hydrogen) atoms. The third kappa shape index (κ3) is 2.88. The summed E-state index contributed by atoms with van der Waals surface area (Å²) in [5, 5.41) is 18.5. The average molecular weight is 261 g/mol. The van der Waals surface area contributed by atoms with Crippen LogP contribution in [0.25, 0.3) is 0 Å².